The van der Waals surface area contributed by atoms with Gasteiger partial charge in [0, 0.05) is 22.8 Å². The summed E-state index contributed by atoms with van der Waals surface area (Å²) >= 11 is 1.34. The van der Waals surface area contributed by atoms with Crippen LogP contribution in [-0.2, 0) is 0 Å². The number of benzene rings is 1. The van der Waals surface area contributed by atoms with Crippen molar-refractivity contribution in [2.45, 2.75) is 13.8 Å². The molecule has 0 unspecified atom stereocenters. The standard InChI is InChI=1S/C15H11F2N3O2S/c1-7-8(2)23-15-18-6-10(14(22)20(7)15)13(21)19-12-4-3-9(16)5-11(12)17/h3-6H,1-2H3,(H,19,21). The van der Waals surface area contributed by atoms with E-state index >= 15 is 0 Å². The second-order valence-corrected chi connectivity index (χ2v) is 6.10. The van der Waals surface area contributed by atoms with Gasteiger partial charge in [0.1, 0.15) is 17.2 Å². The minimum atomic E-state index is -0.921. The minimum absolute atomic E-state index is 0.209. The highest BCUT2D eigenvalue weighted by molar-refractivity contribution is 7.17. The number of amides is 1. The third kappa shape index (κ3) is 2.61. The van der Waals surface area contributed by atoms with Crippen LogP contribution in [0.4, 0.5) is 14.5 Å². The van der Waals surface area contributed by atoms with Gasteiger partial charge in [-0.1, -0.05) is 0 Å². The first-order valence-corrected chi connectivity index (χ1v) is 7.44. The monoisotopic (exact) mass is 335 g/mol. The van der Waals surface area contributed by atoms with E-state index in [4.69, 9.17) is 0 Å². The summed E-state index contributed by atoms with van der Waals surface area (Å²) in [6.45, 7) is 3.60. The summed E-state index contributed by atoms with van der Waals surface area (Å²) in [6.07, 6.45) is 1.16. The molecule has 1 N–H and O–H groups in total. The predicted molar refractivity (Wildman–Crippen MR) is 83.1 cm³/mol. The smallest absolute Gasteiger partial charge is 0.271 e. The fourth-order valence-corrected chi connectivity index (χ4v) is 3.04. The average Bonchev–Trinajstić information content (AvgIpc) is 2.78. The van der Waals surface area contributed by atoms with Gasteiger partial charge in [-0.2, -0.15) is 0 Å². The molecule has 1 aromatic carbocycles. The van der Waals surface area contributed by atoms with E-state index in [-0.39, 0.29) is 11.3 Å². The van der Waals surface area contributed by atoms with Gasteiger partial charge in [-0.25, -0.2) is 13.8 Å². The quantitative estimate of drug-likeness (QED) is 0.783. The Bertz CT molecular complexity index is 994. The molecule has 0 aliphatic carbocycles. The molecule has 0 aliphatic heterocycles. The Morgan fingerprint density at radius 3 is 2.74 bits per heavy atom. The van der Waals surface area contributed by atoms with Crippen LogP contribution in [0.5, 0.6) is 0 Å². The van der Waals surface area contributed by atoms with Gasteiger partial charge < -0.3 is 5.32 Å². The Morgan fingerprint density at radius 1 is 1.30 bits per heavy atom. The van der Waals surface area contributed by atoms with Crippen LogP contribution in [0.3, 0.4) is 0 Å². The van der Waals surface area contributed by atoms with E-state index in [9.17, 15) is 18.4 Å². The number of anilines is 1. The lowest BCUT2D eigenvalue weighted by molar-refractivity contribution is 0.102. The van der Waals surface area contributed by atoms with E-state index in [0.717, 1.165) is 23.2 Å². The normalized spacial score (nSPS) is 11.0. The first-order chi connectivity index (χ1) is 10.9. The third-order valence-corrected chi connectivity index (χ3v) is 4.51. The summed E-state index contributed by atoms with van der Waals surface area (Å²) in [5.74, 6) is -2.48. The number of carbonyl (C=O) groups excluding carboxylic acids is 1. The van der Waals surface area contributed by atoms with Crippen molar-refractivity contribution in [2.24, 2.45) is 0 Å². The molecular formula is C15H11F2N3O2S. The number of hydrogen-bond donors (Lipinski definition) is 1. The van der Waals surface area contributed by atoms with Crippen LogP contribution in [0.2, 0.25) is 0 Å². The van der Waals surface area contributed by atoms with Crippen LogP contribution in [-0.4, -0.2) is 15.3 Å². The first-order valence-electron chi connectivity index (χ1n) is 6.62. The number of nitrogens with one attached hydrogen (secondary N) is 1. The Morgan fingerprint density at radius 2 is 2.04 bits per heavy atom. The van der Waals surface area contributed by atoms with Crippen LogP contribution >= 0.6 is 11.3 Å². The fourth-order valence-electron chi connectivity index (χ4n) is 2.11. The number of aryl methyl sites for hydroxylation is 2. The van der Waals surface area contributed by atoms with Gasteiger partial charge in [0.15, 0.2) is 4.96 Å². The van der Waals surface area contributed by atoms with E-state index in [2.05, 4.69) is 10.3 Å². The number of rotatable bonds is 2. The van der Waals surface area contributed by atoms with Crippen molar-refractivity contribution in [1.29, 1.82) is 0 Å². The Labute approximate surface area is 133 Å². The van der Waals surface area contributed by atoms with Crippen molar-refractivity contribution >= 4 is 27.9 Å². The molecule has 3 aromatic rings. The molecular weight excluding hydrogens is 324 g/mol. The Kier molecular flexibility index (Phi) is 3.69. The fraction of sp³-hybridized carbons (Fsp3) is 0.133. The van der Waals surface area contributed by atoms with Crippen molar-refractivity contribution in [1.82, 2.24) is 9.38 Å². The lowest BCUT2D eigenvalue weighted by Gasteiger charge is -2.06. The summed E-state index contributed by atoms with van der Waals surface area (Å²) in [5, 5.41) is 2.25. The topological polar surface area (TPSA) is 63.5 Å². The molecule has 0 saturated heterocycles. The molecule has 2 heterocycles. The molecule has 5 nitrogen and oxygen atoms in total. The maximum atomic E-state index is 13.6. The molecule has 0 spiro atoms. The molecule has 8 heteroatoms. The van der Waals surface area contributed by atoms with E-state index in [1.54, 1.807) is 6.92 Å². The van der Waals surface area contributed by atoms with Crippen molar-refractivity contribution < 1.29 is 13.6 Å². The molecule has 118 valence electrons. The Balaban J connectivity index is 2.03. The van der Waals surface area contributed by atoms with Crippen LogP contribution in [0.1, 0.15) is 20.9 Å². The van der Waals surface area contributed by atoms with Crippen molar-refractivity contribution in [3.05, 3.63) is 62.5 Å². The summed E-state index contributed by atoms with van der Waals surface area (Å²) in [4.78, 5) is 30.1. The first kappa shape index (κ1) is 15.3. The molecule has 0 radical (unpaired) electrons. The van der Waals surface area contributed by atoms with Crippen LogP contribution in [0.15, 0.2) is 29.2 Å². The van der Waals surface area contributed by atoms with Gasteiger partial charge in [-0.3, -0.25) is 14.0 Å². The molecule has 2 aromatic heterocycles. The third-order valence-electron chi connectivity index (χ3n) is 3.44. The number of thiazole rings is 1. The number of carbonyl (C=O) groups is 1. The summed E-state index contributed by atoms with van der Waals surface area (Å²) in [7, 11) is 0. The van der Waals surface area contributed by atoms with E-state index < -0.39 is 23.1 Å². The second-order valence-electron chi connectivity index (χ2n) is 4.92. The zero-order valence-corrected chi connectivity index (χ0v) is 13.0. The van der Waals surface area contributed by atoms with E-state index in [1.807, 2.05) is 6.92 Å². The molecule has 0 bridgehead atoms. The van der Waals surface area contributed by atoms with Crippen LogP contribution in [0, 0.1) is 25.5 Å². The number of hydrogen-bond acceptors (Lipinski definition) is 4. The van der Waals surface area contributed by atoms with Crippen molar-refractivity contribution in [3.8, 4) is 0 Å². The second kappa shape index (κ2) is 5.54. The molecule has 0 atom stereocenters. The van der Waals surface area contributed by atoms with Gasteiger partial charge >= 0.3 is 0 Å². The Hall–Kier alpha value is -2.61. The van der Waals surface area contributed by atoms with E-state index in [0.29, 0.717) is 16.7 Å². The zero-order chi connectivity index (χ0) is 16.7. The number of aromatic nitrogens is 2. The highest BCUT2D eigenvalue weighted by Gasteiger charge is 2.18. The van der Waals surface area contributed by atoms with Gasteiger partial charge in [-0.05, 0) is 26.0 Å². The maximum Gasteiger partial charge on any atom is 0.271 e. The maximum absolute atomic E-state index is 13.6. The molecule has 0 aliphatic rings. The molecule has 23 heavy (non-hydrogen) atoms. The SMILES string of the molecule is Cc1sc2ncc(C(=O)Nc3ccc(F)cc3F)c(=O)n2c1C. The predicted octanol–water partition coefficient (Wildman–Crippen LogP) is 2.90. The summed E-state index contributed by atoms with van der Waals surface area (Å²) in [6, 6.07) is 2.75. The van der Waals surface area contributed by atoms with Crippen molar-refractivity contribution in [2.75, 3.05) is 5.32 Å². The highest BCUT2D eigenvalue weighted by atomic mass is 32.1. The minimum Gasteiger partial charge on any atom is -0.319 e. The molecule has 0 fully saturated rings. The molecule has 1 amide bonds. The van der Waals surface area contributed by atoms with Gasteiger partial charge in [0.2, 0.25) is 0 Å². The number of halogens is 2. The molecule has 0 saturated carbocycles. The van der Waals surface area contributed by atoms with Crippen LogP contribution < -0.4 is 10.9 Å². The average molecular weight is 335 g/mol. The van der Waals surface area contributed by atoms with Gasteiger partial charge in [-0.15, -0.1) is 11.3 Å². The van der Waals surface area contributed by atoms with Crippen molar-refractivity contribution in [3.63, 3.8) is 0 Å². The van der Waals surface area contributed by atoms with Gasteiger partial charge in [0.05, 0.1) is 5.69 Å². The van der Waals surface area contributed by atoms with Gasteiger partial charge in [0.25, 0.3) is 11.5 Å². The lowest BCUT2D eigenvalue weighted by Crippen LogP contribution is -2.27. The number of nitrogens with zero attached hydrogens (tertiary/aromatic N) is 2. The summed E-state index contributed by atoms with van der Waals surface area (Å²) in [5.41, 5.74) is -0.256. The zero-order valence-electron chi connectivity index (χ0n) is 12.2. The molecule has 3 rings (SSSR count). The largest absolute Gasteiger partial charge is 0.319 e. The van der Waals surface area contributed by atoms with E-state index in [1.165, 1.54) is 15.7 Å². The highest BCUT2D eigenvalue weighted by Crippen LogP contribution is 2.19. The summed E-state index contributed by atoms with van der Waals surface area (Å²) < 4.78 is 27.8. The lowest BCUT2D eigenvalue weighted by atomic mass is 10.2. The number of fused-ring (bicyclic) bond motifs is 1. The van der Waals surface area contributed by atoms with Crippen LogP contribution in [0.25, 0.3) is 4.96 Å².